The van der Waals surface area contributed by atoms with Crippen LogP contribution in [0.25, 0.3) is 22.4 Å². The molecule has 4 aromatic rings. The average Bonchev–Trinajstić information content (AvgIpc) is 3.08. The predicted octanol–water partition coefficient (Wildman–Crippen LogP) is 5.85. The molecule has 6 heteroatoms. The van der Waals surface area contributed by atoms with E-state index in [2.05, 4.69) is 53.8 Å². The topological polar surface area (TPSA) is 57.8 Å². The summed E-state index contributed by atoms with van der Waals surface area (Å²) in [5.41, 5.74) is 4.18. The smallest absolute Gasteiger partial charge is 0.256 e. The molecule has 1 amide bonds. The number of hydrogen-bond acceptors (Lipinski definition) is 2. The zero-order chi connectivity index (χ0) is 18.1. The second-order valence-electron chi connectivity index (χ2n) is 5.76. The van der Waals surface area contributed by atoms with Crippen molar-refractivity contribution in [2.45, 2.75) is 0 Å². The summed E-state index contributed by atoms with van der Waals surface area (Å²) >= 11 is 5.58. The first-order valence-electron chi connectivity index (χ1n) is 7.92. The summed E-state index contributed by atoms with van der Waals surface area (Å²) < 4.78 is 1.77. The van der Waals surface area contributed by atoms with Gasteiger partial charge in [0.2, 0.25) is 0 Å². The molecule has 2 N–H and O–H groups in total. The molecule has 0 fully saturated rings. The number of hydrogen-bond donors (Lipinski definition) is 2. The van der Waals surface area contributed by atoms with E-state index in [1.165, 1.54) is 0 Å². The minimum absolute atomic E-state index is 0.141. The number of benzene rings is 3. The summed E-state index contributed by atoms with van der Waals surface area (Å²) in [6.07, 6.45) is 0. The largest absolute Gasteiger partial charge is 0.338 e. The Kier molecular flexibility index (Phi) is 4.78. The van der Waals surface area contributed by atoms with Crippen LogP contribution in [-0.4, -0.2) is 15.9 Å². The number of nitrogens with zero attached hydrogens (tertiary/aromatic N) is 1. The fourth-order valence-corrected chi connectivity index (χ4v) is 3.65. The zero-order valence-electron chi connectivity index (χ0n) is 13.5. The van der Waals surface area contributed by atoms with E-state index in [4.69, 9.17) is 0 Å². The molecule has 1 aromatic heterocycles. The number of anilines is 1. The fraction of sp³-hybridized carbons (Fsp3) is 0. The molecular weight excluding hydrogens is 505 g/mol. The van der Waals surface area contributed by atoms with E-state index < -0.39 is 0 Å². The van der Waals surface area contributed by atoms with E-state index in [0.717, 1.165) is 36.2 Å². The maximum absolute atomic E-state index is 12.6. The molecule has 0 aliphatic carbocycles. The van der Waals surface area contributed by atoms with Crippen molar-refractivity contribution in [2.75, 3.05) is 5.32 Å². The molecule has 128 valence electrons. The Bertz CT molecular complexity index is 1090. The average molecular weight is 518 g/mol. The van der Waals surface area contributed by atoms with Gasteiger partial charge in [0.1, 0.15) is 5.82 Å². The zero-order valence-corrected chi connectivity index (χ0v) is 17.2. The lowest BCUT2D eigenvalue weighted by Gasteiger charge is -2.08. The minimum atomic E-state index is -0.141. The highest BCUT2D eigenvalue weighted by Gasteiger charge is 2.12. The van der Waals surface area contributed by atoms with E-state index >= 15 is 0 Å². The lowest BCUT2D eigenvalue weighted by atomic mass is 10.1. The van der Waals surface area contributed by atoms with Gasteiger partial charge in [-0.05, 0) is 65.1 Å². The van der Waals surface area contributed by atoms with Crippen molar-refractivity contribution in [3.63, 3.8) is 0 Å². The van der Waals surface area contributed by atoms with E-state index in [9.17, 15) is 4.79 Å². The van der Waals surface area contributed by atoms with Crippen LogP contribution in [-0.2, 0) is 0 Å². The normalized spacial score (nSPS) is 10.8. The van der Waals surface area contributed by atoms with Gasteiger partial charge in [0, 0.05) is 19.3 Å². The summed E-state index contributed by atoms with van der Waals surface area (Å²) in [5.74, 6) is 0.636. The van der Waals surface area contributed by atoms with Crippen molar-refractivity contribution < 1.29 is 4.79 Å². The van der Waals surface area contributed by atoms with Gasteiger partial charge < -0.3 is 10.3 Å². The standard InChI is InChI=1S/C20H13BrIN3O/c21-13-8-9-16(22)15(11-13)20(26)23-14-5-3-4-12(10-14)19-24-17-6-1-2-7-18(17)25-19/h1-11H,(H,23,26)(H,24,25). The summed E-state index contributed by atoms with van der Waals surface area (Å²) in [4.78, 5) is 20.5. The highest BCUT2D eigenvalue weighted by atomic mass is 127. The van der Waals surface area contributed by atoms with Crippen LogP contribution < -0.4 is 5.32 Å². The van der Waals surface area contributed by atoms with Crippen LogP contribution in [0.4, 0.5) is 5.69 Å². The van der Waals surface area contributed by atoms with E-state index in [-0.39, 0.29) is 5.91 Å². The number of para-hydroxylation sites is 2. The lowest BCUT2D eigenvalue weighted by molar-refractivity contribution is 0.102. The Morgan fingerprint density at radius 1 is 1.04 bits per heavy atom. The third-order valence-electron chi connectivity index (χ3n) is 3.96. The van der Waals surface area contributed by atoms with Gasteiger partial charge in [-0.15, -0.1) is 0 Å². The van der Waals surface area contributed by atoms with E-state index in [0.29, 0.717) is 5.56 Å². The first-order chi connectivity index (χ1) is 12.6. The number of amides is 1. The number of fused-ring (bicyclic) bond motifs is 1. The molecule has 0 unspecified atom stereocenters. The number of imidazole rings is 1. The van der Waals surface area contributed by atoms with Crippen molar-refractivity contribution in [3.05, 3.63) is 80.3 Å². The van der Waals surface area contributed by atoms with Crippen LogP contribution in [0.5, 0.6) is 0 Å². The number of rotatable bonds is 3. The maximum Gasteiger partial charge on any atom is 0.256 e. The van der Waals surface area contributed by atoms with Crippen molar-refractivity contribution in [1.82, 2.24) is 9.97 Å². The number of aromatic amines is 1. The first-order valence-corrected chi connectivity index (χ1v) is 9.79. The van der Waals surface area contributed by atoms with Crippen LogP contribution in [0.15, 0.2) is 71.2 Å². The minimum Gasteiger partial charge on any atom is -0.338 e. The molecule has 0 radical (unpaired) electrons. The predicted molar refractivity (Wildman–Crippen MR) is 116 cm³/mol. The first kappa shape index (κ1) is 17.2. The summed E-state index contributed by atoms with van der Waals surface area (Å²) in [5, 5.41) is 2.96. The molecule has 4 rings (SSSR count). The molecule has 0 spiro atoms. The third-order valence-corrected chi connectivity index (χ3v) is 5.39. The van der Waals surface area contributed by atoms with Gasteiger partial charge in [0.25, 0.3) is 5.91 Å². The summed E-state index contributed by atoms with van der Waals surface area (Å²) in [7, 11) is 0. The second-order valence-corrected chi connectivity index (χ2v) is 7.84. The number of halogens is 2. The fourth-order valence-electron chi connectivity index (χ4n) is 2.70. The van der Waals surface area contributed by atoms with Crippen LogP contribution >= 0.6 is 38.5 Å². The molecule has 0 saturated carbocycles. The molecule has 0 aliphatic rings. The van der Waals surface area contributed by atoms with Crippen LogP contribution in [0.2, 0.25) is 0 Å². The summed E-state index contributed by atoms with van der Waals surface area (Å²) in [6.45, 7) is 0. The third kappa shape index (κ3) is 3.52. The Morgan fingerprint density at radius 3 is 2.73 bits per heavy atom. The highest BCUT2D eigenvalue weighted by molar-refractivity contribution is 14.1. The van der Waals surface area contributed by atoms with Crippen molar-refractivity contribution >= 4 is 61.1 Å². The molecule has 0 saturated heterocycles. The lowest BCUT2D eigenvalue weighted by Crippen LogP contribution is -2.13. The molecule has 0 aliphatic heterocycles. The number of aromatic nitrogens is 2. The molecule has 0 atom stereocenters. The number of carbonyl (C=O) groups is 1. The van der Waals surface area contributed by atoms with Gasteiger partial charge in [-0.3, -0.25) is 4.79 Å². The summed E-state index contributed by atoms with van der Waals surface area (Å²) in [6, 6.07) is 21.2. The van der Waals surface area contributed by atoms with Crippen LogP contribution in [0.1, 0.15) is 10.4 Å². The number of H-pyrrole nitrogens is 1. The van der Waals surface area contributed by atoms with Gasteiger partial charge in [-0.25, -0.2) is 4.98 Å². The molecule has 3 aromatic carbocycles. The van der Waals surface area contributed by atoms with Gasteiger partial charge in [-0.1, -0.05) is 40.2 Å². The molecule has 0 bridgehead atoms. The molecule has 1 heterocycles. The van der Waals surface area contributed by atoms with Gasteiger partial charge in [0.15, 0.2) is 0 Å². The Morgan fingerprint density at radius 2 is 1.88 bits per heavy atom. The van der Waals surface area contributed by atoms with Crippen LogP contribution in [0.3, 0.4) is 0 Å². The Labute approximate surface area is 172 Å². The molecule has 26 heavy (non-hydrogen) atoms. The van der Waals surface area contributed by atoms with Crippen molar-refractivity contribution in [3.8, 4) is 11.4 Å². The van der Waals surface area contributed by atoms with Crippen LogP contribution in [0, 0.1) is 3.57 Å². The Hall–Kier alpha value is -2.19. The van der Waals surface area contributed by atoms with Crippen molar-refractivity contribution in [2.24, 2.45) is 0 Å². The van der Waals surface area contributed by atoms with Gasteiger partial charge in [0.05, 0.1) is 16.6 Å². The highest BCUT2D eigenvalue weighted by Crippen LogP contribution is 2.24. The molecular formula is C20H13BrIN3O. The van der Waals surface area contributed by atoms with Gasteiger partial charge in [-0.2, -0.15) is 0 Å². The maximum atomic E-state index is 12.6. The quantitative estimate of drug-likeness (QED) is 0.335. The Balaban J connectivity index is 1.63. The number of carbonyl (C=O) groups excluding carboxylic acids is 1. The molecule has 4 nitrogen and oxygen atoms in total. The monoisotopic (exact) mass is 517 g/mol. The SMILES string of the molecule is O=C(Nc1cccc(-c2nc3ccccc3[nH]2)c1)c1cc(Br)ccc1I. The van der Waals surface area contributed by atoms with Gasteiger partial charge >= 0.3 is 0 Å². The number of nitrogens with one attached hydrogen (secondary N) is 2. The van der Waals surface area contributed by atoms with E-state index in [1.807, 2.05) is 66.7 Å². The second kappa shape index (κ2) is 7.20. The van der Waals surface area contributed by atoms with Crippen molar-refractivity contribution in [1.29, 1.82) is 0 Å². The van der Waals surface area contributed by atoms with E-state index in [1.54, 1.807) is 0 Å².